The molecule has 2 unspecified atom stereocenters. The van der Waals surface area contributed by atoms with Crippen LogP contribution in [0.2, 0.25) is 5.02 Å². The molecule has 160 valence electrons. The summed E-state index contributed by atoms with van der Waals surface area (Å²) < 4.78 is 16.9. The molecule has 1 aromatic carbocycles. The minimum absolute atomic E-state index is 0. The number of benzene rings is 1. The van der Waals surface area contributed by atoms with Gasteiger partial charge in [0.25, 0.3) is 0 Å². The average molecular weight is 526 g/mol. The molecule has 1 aromatic rings. The molecule has 0 amide bonds. The smallest absolute Gasteiger partial charge is 0.191 e. The van der Waals surface area contributed by atoms with Crippen LogP contribution in [0.5, 0.6) is 5.75 Å². The molecule has 1 aliphatic heterocycles. The van der Waals surface area contributed by atoms with Crippen LogP contribution in [0.15, 0.2) is 29.3 Å². The Balaban J connectivity index is 0.00000392. The lowest BCUT2D eigenvalue weighted by atomic mass is 10.1. The molecule has 1 saturated heterocycles. The third-order valence-electron chi connectivity index (χ3n) is 4.14. The highest BCUT2D eigenvalue weighted by atomic mass is 127. The van der Waals surface area contributed by atoms with E-state index >= 15 is 0 Å². The minimum Gasteiger partial charge on any atom is -0.489 e. The van der Waals surface area contributed by atoms with Crippen molar-refractivity contribution in [1.29, 1.82) is 0 Å². The number of nitrogens with zero attached hydrogens (tertiary/aromatic N) is 1. The summed E-state index contributed by atoms with van der Waals surface area (Å²) in [5.41, 5.74) is 0. The number of hydrogen-bond acceptors (Lipinski definition) is 4. The molecule has 8 heteroatoms. The molecule has 0 spiro atoms. The van der Waals surface area contributed by atoms with Gasteiger partial charge in [-0.05, 0) is 51.0 Å². The van der Waals surface area contributed by atoms with Crippen molar-refractivity contribution in [3.63, 3.8) is 0 Å². The van der Waals surface area contributed by atoms with Gasteiger partial charge in [-0.2, -0.15) is 0 Å². The molecule has 2 N–H and O–H groups in total. The second kappa shape index (κ2) is 15.1. The zero-order valence-corrected chi connectivity index (χ0v) is 19.9. The molecule has 2 atom stereocenters. The van der Waals surface area contributed by atoms with E-state index in [1.165, 1.54) is 0 Å². The summed E-state index contributed by atoms with van der Waals surface area (Å²) in [7, 11) is 0. The van der Waals surface area contributed by atoms with Crippen molar-refractivity contribution < 1.29 is 14.2 Å². The molecule has 0 saturated carbocycles. The lowest BCUT2D eigenvalue weighted by molar-refractivity contribution is 0.0888. The quantitative estimate of drug-likeness (QED) is 0.200. The van der Waals surface area contributed by atoms with E-state index < -0.39 is 0 Å². The van der Waals surface area contributed by atoms with Crippen LogP contribution in [0.4, 0.5) is 0 Å². The fraction of sp³-hybridized carbons (Fsp3) is 0.650. The summed E-state index contributed by atoms with van der Waals surface area (Å²) in [4.78, 5) is 4.59. The fourth-order valence-electron chi connectivity index (χ4n) is 2.69. The van der Waals surface area contributed by atoms with Crippen molar-refractivity contribution in [1.82, 2.24) is 10.6 Å². The molecular formula is C20H33ClIN3O3. The highest BCUT2D eigenvalue weighted by molar-refractivity contribution is 14.0. The Morgan fingerprint density at radius 1 is 1.32 bits per heavy atom. The van der Waals surface area contributed by atoms with Gasteiger partial charge in [-0.15, -0.1) is 24.0 Å². The zero-order valence-electron chi connectivity index (χ0n) is 16.8. The Morgan fingerprint density at radius 2 is 2.11 bits per heavy atom. The van der Waals surface area contributed by atoms with Gasteiger partial charge < -0.3 is 24.8 Å². The Hall–Kier alpha value is -0.770. The Labute approximate surface area is 190 Å². The van der Waals surface area contributed by atoms with Crippen LogP contribution in [0.1, 0.15) is 26.7 Å². The van der Waals surface area contributed by atoms with Crippen molar-refractivity contribution in [3.8, 4) is 5.75 Å². The average Bonchev–Trinajstić information content (AvgIpc) is 3.18. The molecule has 1 fully saturated rings. The van der Waals surface area contributed by atoms with Gasteiger partial charge in [0.1, 0.15) is 11.9 Å². The van der Waals surface area contributed by atoms with Gasteiger partial charge in [0.15, 0.2) is 5.96 Å². The minimum atomic E-state index is -0.0291. The van der Waals surface area contributed by atoms with Gasteiger partial charge in [0.2, 0.25) is 0 Å². The predicted octanol–water partition coefficient (Wildman–Crippen LogP) is 3.72. The molecule has 1 aliphatic rings. The molecule has 6 nitrogen and oxygen atoms in total. The lowest BCUT2D eigenvalue weighted by Gasteiger charge is -2.15. The maximum atomic E-state index is 5.89. The van der Waals surface area contributed by atoms with E-state index in [1.807, 2.05) is 31.2 Å². The molecular weight excluding hydrogens is 493 g/mol. The Kier molecular flexibility index (Phi) is 13.6. The standard InChI is InChI=1S/C20H32ClN3O3.HI/c1-3-22-20(23-10-4-11-25-14-17-9-12-26-15-17)24-13-16(2)27-19-7-5-18(21)6-8-19;/h5-8,16-17H,3-4,9-15H2,1-2H3,(H2,22,23,24);1H. The van der Waals surface area contributed by atoms with Crippen LogP contribution in [-0.2, 0) is 9.47 Å². The number of rotatable bonds is 11. The molecule has 0 aromatic heterocycles. The number of aliphatic imine (C=N–C) groups is 1. The summed E-state index contributed by atoms with van der Waals surface area (Å²) in [5.74, 6) is 2.16. The van der Waals surface area contributed by atoms with E-state index in [9.17, 15) is 0 Å². The number of hydrogen-bond donors (Lipinski definition) is 2. The number of nitrogens with one attached hydrogen (secondary N) is 2. The van der Waals surface area contributed by atoms with Crippen LogP contribution in [-0.4, -0.2) is 58.1 Å². The van der Waals surface area contributed by atoms with Crippen LogP contribution >= 0.6 is 35.6 Å². The molecule has 28 heavy (non-hydrogen) atoms. The van der Waals surface area contributed by atoms with Crippen molar-refractivity contribution in [2.45, 2.75) is 32.8 Å². The predicted molar refractivity (Wildman–Crippen MR) is 125 cm³/mol. The SMILES string of the molecule is CCNC(=NCC(C)Oc1ccc(Cl)cc1)NCCCOCC1CCOC1.I. The van der Waals surface area contributed by atoms with Crippen molar-refractivity contribution in [2.24, 2.45) is 10.9 Å². The number of guanidine groups is 1. The van der Waals surface area contributed by atoms with Crippen LogP contribution in [0.3, 0.4) is 0 Å². The highest BCUT2D eigenvalue weighted by Gasteiger charge is 2.15. The maximum Gasteiger partial charge on any atom is 0.191 e. The van der Waals surface area contributed by atoms with Gasteiger partial charge in [-0.1, -0.05) is 11.6 Å². The lowest BCUT2D eigenvalue weighted by Crippen LogP contribution is -2.38. The first kappa shape index (κ1) is 25.3. The van der Waals surface area contributed by atoms with Gasteiger partial charge in [-0.25, -0.2) is 4.99 Å². The molecule has 0 bridgehead atoms. The van der Waals surface area contributed by atoms with Crippen molar-refractivity contribution >= 4 is 41.5 Å². The second-order valence-electron chi connectivity index (χ2n) is 6.69. The van der Waals surface area contributed by atoms with E-state index in [-0.39, 0.29) is 30.1 Å². The van der Waals surface area contributed by atoms with E-state index in [0.29, 0.717) is 17.5 Å². The monoisotopic (exact) mass is 525 g/mol. The normalized spacial score (nSPS) is 17.7. The van der Waals surface area contributed by atoms with Crippen LogP contribution in [0.25, 0.3) is 0 Å². The van der Waals surface area contributed by atoms with Gasteiger partial charge in [0.05, 0.1) is 19.8 Å². The van der Waals surface area contributed by atoms with Crippen molar-refractivity contribution in [2.75, 3.05) is 46.1 Å². The van der Waals surface area contributed by atoms with E-state index in [1.54, 1.807) is 0 Å². The molecule has 0 aliphatic carbocycles. The Bertz CT molecular complexity index is 554. The van der Waals surface area contributed by atoms with Gasteiger partial charge in [-0.3, -0.25) is 0 Å². The molecule has 0 radical (unpaired) electrons. The zero-order chi connectivity index (χ0) is 19.3. The summed E-state index contributed by atoms with van der Waals surface area (Å²) >= 11 is 5.89. The molecule has 2 rings (SSSR count). The number of ether oxygens (including phenoxy) is 3. The summed E-state index contributed by atoms with van der Waals surface area (Å²) in [6.45, 7) is 9.52. The first-order chi connectivity index (χ1) is 13.2. The first-order valence-corrected chi connectivity index (χ1v) is 10.1. The summed E-state index contributed by atoms with van der Waals surface area (Å²) in [5, 5.41) is 7.29. The first-order valence-electron chi connectivity index (χ1n) is 9.77. The highest BCUT2D eigenvalue weighted by Crippen LogP contribution is 2.16. The van der Waals surface area contributed by atoms with E-state index in [0.717, 1.165) is 64.1 Å². The van der Waals surface area contributed by atoms with E-state index in [2.05, 4.69) is 22.5 Å². The van der Waals surface area contributed by atoms with Crippen molar-refractivity contribution in [3.05, 3.63) is 29.3 Å². The second-order valence-corrected chi connectivity index (χ2v) is 7.12. The topological polar surface area (TPSA) is 64.1 Å². The number of halogens is 2. The largest absolute Gasteiger partial charge is 0.489 e. The fourth-order valence-corrected chi connectivity index (χ4v) is 2.82. The van der Waals surface area contributed by atoms with Crippen LogP contribution in [0, 0.1) is 5.92 Å². The van der Waals surface area contributed by atoms with Gasteiger partial charge in [0, 0.05) is 37.2 Å². The molecule has 1 heterocycles. The third-order valence-corrected chi connectivity index (χ3v) is 4.39. The summed E-state index contributed by atoms with van der Waals surface area (Å²) in [6, 6.07) is 7.37. The summed E-state index contributed by atoms with van der Waals surface area (Å²) in [6.07, 6.45) is 2.03. The van der Waals surface area contributed by atoms with Gasteiger partial charge >= 0.3 is 0 Å². The van der Waals surface area contributed by atoms with Crippen LogP contribution < -0.4 is 15.4 Å². The van der Waals surface area contributed by atoms with E-state index in [4.69, 9.17) is 25.8 Å². The third kappa shape index (κ3) is 10.7. The maximum absolute atomic E-state index is 5.89. The Morgan fingerprint density at radius 3 is 2.79 bits per heavy atom.